The van der Waals surface area contributed by atoms with Crippen molar-refractivity contribution in [3.63, 3.8) is 0 Å². The SMILES string of the molecule is CCOC(=O)CCc1ccc2c(c1)c(CCc1ccccc1)cn2-c1ccc(OCc2ccccn2)cc1. The molecule has 38 heavy (non-hydrogen) atoms. The number of ether oxygens (including phenoxy) is 2. The number of hydrogen-bond acceptors (Lipinski definition) is 4. The highest BCUT2D eigenvalue weighted by molar-refractivity contribution is 5.86. The highest BCUT2D eigenvalue weighted by Crippen LogP contribution is 2.29. The van der Waals surface area contributed by atoms with Crippen LogP contribution in [0.2, 0.25) is 0 Å². The van der Waals surface area contributed by atoms with Gasteiger partial charge in [-0.05, 0) is 91.4 Å². The Labute approximate surface area is 223 Å². The Morgan fingerprint density at radius 3 is 2.42 bits per heavy atom. The Hall–Kier alpha value is -4.38. The highest BCUT2D eigenvalue weighted by atomic mass is 16.5. The number of carbonyl (C=O) groups is 1. The van der Waals surface area contributed by atoms with E-state index in [1.54, 1.807) is 6.20 Å². The van der Waals surface area contributed by atoms with E-state index >= 15 is 0 Å². The van der Waals surface area contributed by atoms with E-state index in [9.17, 15) is 4.79 Å². The summed E-state index contributed by atoms with van der Waals surface area (Å²) in [6, 6.07) is 31.1. The number of pyridine rings is 1. The highest BCUT2D eigenvalue weighted by Gasteiger charge is 2.13. The first-order valence-corrected chi connectivity index (χ1v) is 13.1. The molecule has 0 fully saturated rings. The van der Waals surface area contributed by atoms with Gasteiger partial charge in [0.25, 0.3) is 0 Å². The zero-order valence-corrected chi connectivity index (χ0v) is 21.7. The van der Waals surface area contributed by atoms with Gasteiger partial charge in [-0.3, -0.25) is 9.78 Å². The first-order valence-electron chi connectivity index (χ1n) is 13.1. The Kier molecular flexibility index (Phi) is 8.14. The minimum Gasteiger partial charge on any atom is -0.487 e. The predicted molar refractivity (Wildman–Crippen MR) is 151 cm³/mol. The van der Waals surface area contributed by atoms with Crippen LogP contribution in [0.15, 0.2) is 103 Å². The van der Waals surface area contributed by atoms with E-state index in [-0.39, 0.29) is 5.97 Å². The summed E-state index contributed by atoms with van der Waals surface area (Å²) in [4.78, 5) is 16.2. The number of hydrogen-bond donors (Lipinski definition) is 0. The van der Waals surface area contributed by atoms with Gasteiger partial charge in [0.15, 0.2) is 0 Å². The number of benzene rings is 3. The van der Waals surface area contributed by atoms with Crippen molar-refractivity contribution in [2.75, 3.05) is 6.61 Å². The third-order valence-electron chi connectivity index (χ3n) is 6.63. The first kappa shape index (κ1) is 25.3. The van der Waals surface area contributed by atoms with Crippen molar-refractivity contribution in [2.24, 2.45) is 0 Å². The van der Waals surface area contributed by atoms with E-state index in [1.807, 2.05) is 37.3 Å². The molecule has 2 aromatic heterocycles. The van der Waals surface area contributed by atoms with Crippen LogP contribution in [0.1, 0.15) is 35.7 Å². The van der Waals surface area contributed by atoms with Gasteiger partial charge in [-0.25, -0.2) is 0 Å². The minimum atomic E-state index is -0.153. The lowest BCUT2D eigenvalue weighted by atomic mass is 10.0. The maximum Gasteiger partial charge on any atom is 0.306 e. The molecule has 5 nitrogen and oxygen atoms in total. The van der Waals surface area contributed by atoms with Gasteiger partial charge in [-0.2, -0.15) is 0 Å². The predicted octanol–water partition coefficient (Wildman–Crippen LogP) is 6.89. The first-order chi connectivity index (χ1) is 18.7. The number of aromatic nitrogens is 2. The van der Waals surface area contributed by atoms with E-state index in [0.717, 1.165) is 41.1 Å². The lowest BCUT2D eigenvalue weighted by Crippen LogP contribution is -2.05. The molecule has 192 valence electrons. The number of nitrogens with zero attached hydrogens (tertiary/aromatic N) is 2. The summed E-state index contributed by atoms with van der Waals surface area (Å²) >= 11 is 0. The quantitative estimate of drug-likeness (QED) is 0.184. The van der Waals surface area contributed by atoms with Gasteiger partial charge in [-0.15, -0.1) is 0 Å². The van der Waals surface area contributed by atoms with Crippen molar-refractivity contribution >= 4 is 16.9 Å². The van der Waals surface area contributed by atoms with Crippen LogP contribution in [0, 0.1) is 0 Å². The number of fused-ring (bicyclic) bond motifs is 1. The van der Waals surface area contributed by atoms with Gasteiger partial charge in [0.05, 0.1) is 17.8 Å². The third-order valence-corrected chi connectivity index (χ3v) is 6.63. The molecule has 0 saturated carbocycles. The Morgan fingerprint density at radius 1 is 0.842 bits per heavy atom. The smallest absolute Gasteiger partial charge is 0.306 e. The molecule has 0 radical (unpaired) electrons. The van der Waals surface area contributed by atoms with Gasteiger partial charge < -0.3 is 14.0 Å². The molecular formula is C33H32N2O3. The van der Waals surface area contributed by atoms with Gasteiger partial charge in [0, 0.05) is 29.9 Å². The number of carbonyl (C=O) groups excluding carboxylic acids is 1. The van der Waals surface area contributed by atoms with Crippen LogP contribution < -0.4 is 4.74 Å². The van der Waals surface area contributed by atoms with Crippen molar-refractivity contribution in [3.8, 4) is 11.4 Å². The number of aryl methyl sites for hydroxylation is 3. The average Bonchev–Trinajstić information content (AvgIpc) is 3.33. The lowest BCUT2D eigenvalue weighted by molar-refractivity contribution is -0.143. The second kappa shape index (κ2) is 12.2. The van der Waals surface area contributed by atoms with Crippen LogP contribution in [-0.4, -0.2) is 22.1 Å². The largest absolute Gasteiger partial charge is 0.487 e. The standard InChI is InChI=1S/C33H32N2O3/c1-2-37-33(36)20-13-26-12-19-32-31(22-26)27(14-11-25-8-4-3-5-9-25)23-35(32)29-15-17-30(18-16-29)38-24-28-10-6-7-21-34-28/h3-10,12,15-19,21-23H,2,11,13-14,20,24H2,1H3. The summed E-state index contributed by atoms with van der Waals surface area (Å²) in [5, 5.41) is 1.22. The summed E-state index contributed by atoms with van der Waals surface area (Å²) in [7, 11) is 0. The molecular weight excluding hydrogens is 472 g/mol. The third kappa shape index (κ3) is 6.30. The fourth-order valence-electron chi connectivity index (χ4n) is 4.66. The van der Waals surface area contributed by atoms with Crippen LogP contribution >= 0.6 is 0 Å². The summed E-state index contributed by atoms with van der Waals surface area (Å²) in [5.74, 6) is 0.654. The monoisotopic (exact) mass is 504 g/mol. The molecule has 0 unspecified atom stereocenters. The molecule has 0 saturated heterocycles. The van der Waals surface area contributed by atoms with Crippen molar-refractivity contribution in [2.45, 2.75) is 39.2 Å². The van der Waals surface area contributed by atoms with Gasteiger partial charge in [-0.1, -0.05) is 42.5 Å². The molecule has 0 N–H and O–H groups in total. The molecule has 0 aliphatic carbocycles. The second-order valence-electron chi connectivity index (χ2n) is 9.27. The molecule has 5 rings (SSSR count). The fraction of sp³-hybridized carbons (Fsp3) is 0.212. The zero-order chi connectivity index (χ0) is 26.2. The minimum absolute atomic E-state index is 0.153. The summed E-state index contributed by atoms with van der Waals surface area (Å²) in [5.41, 5.74) is 6.87. The van der Waals surface area contributed by atoms with Crippen LogP contribution in [0.3, 0.4) is 0 Å². The Bertz CT molecular complexity index is 1480. The normalized spacial score (nSPS) is 11.0. The molecule has 0 amide bonds. The zero-order valence-electron chi connectivity index (χ0n) is 21.7. The molecule has 0 bridgehead atoms. The van der Waals surface area contributed by atoms with E-state index in [0.29, 0.717) is 26.1 Å². The van der Waals surface area contributed by atoms with Crippen LogP contribution in [0.25, 0.3) is 16.6 Å². The average molecular weight is 505 g/mol. The Morgan fingerprint density at radius 2 is 1.66 bits per heavy atom. The van der Waals surface area contributed by atoms with Gasteiger partial charge in [0.1, 0.15) is 12.4 Å². The summed E-state index contributed by atoms with van der Waals surface area (Å²) in [6.07, 6.45) is 6.97. The maximum absolute atomic E-state index is 11.9. The Balaban J connectivity index is 1.39. The molecule has 0 spiro atoms. The molecule has 0 aliphatic rings. The van der Waals surface area contributed by atoms with E-state index in [4.69, 9.17) is 9.47 Å². The topological polar surface area (TPSA) is 53.4 Å². The van der Waals surface area contributed by atoms with Crippen LogP contribution in [-0.2, 0) is 35.4 Å². The van der Waals surface area contributed by atoms with E-state index < -0.39 is 0 Å². The molecule has 5 heteroatoms. The van der Waals surface area contributed by atoms with Crippen molar-refractivity contribution in [3.05, 3.63) is 126 Å². The van der Waals surface area contributed by atoms with Crippen molar-refractivity contribution in [1.82, 2.24) is 9.55 Å². The van der Waals surface area contributed by atoms with Gasteiger partial charge >= 0.3 is 5.97 Å². The van der Waals surface area contributed by atoms with E-state index in [2.05, 4.69) is 76.4 Å². The number of rotatable bonds is 11. The fourth-order valence-corrected chi connectivity index (χ4v) is 4.66. The molecule has 2 heterocycles. The number of esters is 1. The summed E-state index contributed by atoms with van der Waals surface area (Å²) in [6.45, 7) is 2.69. The lowest BCUT2D eigenvalue weighted by Gasteiger charge is -2.09. The van der Waals surface area contributed by atoms with Gasteiger partial charge in [0.2, 0.25) is 0 Å². The van der Waals surface area contributed by atoms with Crippen molar-refractivity contribution in [1.29, 1.82) is 0 Å². The molecule has 5 aromatic rings. The second-order valence-corrected chi connectivity index (χ2v) is 9.27. The van der Waals surface area contributed by atoms with Crippen molar-refractivity contribution < 1.29 is 14.3 Å². The molecule has 3 aromatic carbocycles. The summed E-state index contributed by atoms with van der Waals surface area (Å²) < 4.78 is 13.3. The van der Waals surface area contributed by atoms with Crippen LogP contribution in [0.5, 0.6) is 5.75 Å². The van der Waals surface area contributed by atoms with E-state index in [1.165, 1.54) is 16.5 Å². The molecule has 0 aliphatic heterocycles. The molecule has 0 atom stereocenters. The van der Waals surface area contributed by atoms with Crippen LogP contribution in [0.4, 0.5) is 0 Å². The maximum atomic E-state index is 11.9.